The summed E-state index contributed by atoms with van der Waals surface area (Å²) in [6, 6.07) is 14.3. The predicted octanol–water partition coefficient (Wildman–Crippen LogP) is 3.73. The number of aldehydes is 1. The number of carbonyl (C=O) groups is 1. The summed E-state index contributed by atoms with van der Waals surface area (Å²) in [5.74, 6) is 0. The summed E-state index contributed by atoms with van der Waals surface area (Å²) in [4.78, 5) is 15.3. The Morgan fingerprint density at radius 3 is 2.50 bits per heavy atom. The molecule has 0 saturated heterocycles. The molecule has 0 N–H and O–H groups in total. The van der Waals surface area contributed by atoms with Gasteiger partial charge in [0.05, 0.1) is 5.41 Å². The van der Waals surface area contributed by atoms with Crippen molar-refractivity contribution in [3.8, 4) is 0 Å². The van der Waals surface area contributed by atoms with Crippen molar-refractivity contribution < 1.29 is 4.79 Å². The van der Waals surface area contributed by atoms with Gasteiger partial charge in [-0.05, 0) is 30.5 Å². The molecule has 0 spiro atoms. The standard InChI is InChI=1S/C17H21NOS/c1-3-18(12-16-10-7-11-20-16)13-17(2,14-19)15-8-5-4-6-9-15/h4-11,14H,3,12-13H2,1-2H3. The Kier molecular flexibility index (Phi) is 5.10. The summed E-state index contributed by atoms with van der Waals surface area (Å²) >= 11 is 1.77. The highest BCUT2D eigenvalue weighted by molar-refractivity contribution is 7.09. The van der Waals surface area contributed by atoms with Crippen molar-refractivity contribution in [1.82, 2.24) is 4.90 Å². The number of hydrogen-bond acceptors (Lipinski definition) is 3. The van der Waals surface area contributed by atoms with Gasteiger partial charge in [0.2, 0.25) is 0 Å². The third kappa shape index (κ3) is 3.56. The number of rotatable bonds is 7. The normalized spacial score (nSPS) is 14.2. The van der Waals surface area contributed by atoms with Crippen molar-refractivity contribution in [2.24, 2.45) is 0 Å². The van der Waals surface area contributed by atoms with Gasteiger partial charge in [-0.1, -0.05) is 43.3 Å². The van der Waals surface area contributed by atoms with Crippen LogP contribution in [0, 0.1) is 0 Å². The van der Waals surface area contributed by atoms with E-state index in [2.05, 4.69) is 29.3 Å². The first-order chi connectivity index (χ1) is 9.68. The molecular formula is C17H21NOS. The molecule has 1 unspecified atom stereocenters. The van der Waals surface area contributed by atoms with Crippen molar-refractivity contribution in [3.63, 3.8) is 0 Å². The van der Waals surface area contributed by atoms with Gasteiger partial charge in [-0.3, -0.25) is 4.90 Å². The van der Waals surface area contributed by atoms with E-state index in [0.29, 0.717) is 0 Å². The van der Waals surface area contributed by atoms with Crippen molar-refractivity contribution in [1.29, 1.82) is 0 Å². The zero-order valence-corrected chi connectivity index (χ0v) is 12.9. The van der Waals surface area contributed by atoms with Gasteiger partial charge < -0.3 is 4.79 Å². The van der Waals surface area contributed by atoms with E-state index >= 15 is 0 Å². The summed E-state index contributed by atoms with van der Waals surface area (Å²) in [6.45, 7) is 6.75. The first-order valence-corrected chi connectivity index (χ1v) is 7.82. The molecule has 20 heavy (non-hydrogen) atoms. The molecule has 1 heterocycles. The minimum atomic E-state index is -0.450. The Labute approximate surface area is 125 Å². The maximum Gasteiger partial charge on any atom is 0.131 e. The van der Waals surface area contributed by atoms with Crippen LogP contribution in [0.5, 0.6) is 0 Å². The average Bonchev–Trinajstić information content (AvgIpc) is 3.00. The minimum absolute atomic E-state index is 0.450. The molecule has 2 rings (SSSR count). The fourth-order valence-corrected chi connectivity index (χ4v) is 3.13. The van der Waals surface area contributed by atoms with Gasteiger partial charge in [0.15, 0.2) is 0 Å². The Balaban J connectivity index is 2.13. The van der Waals surface area contributed by atoms with Crippen LogP contribution in [0.25, 0.3) is 0 Å². The van der Waals surface area contributed by atoms with E-state index in [9.17, 15) is 4.79 Å². The number of likely N-dealkylation sites (N-methyl/N-ethyl adjacent to an activating group) is 1. The number of nitrogens with zero attached hydrogens (tertiary/aromatic N) is 1. The van der Waals surface area contributed by atoms with Gasteiger partial charge in [-0.15, -0.1) is 11.3 Å². The van der Waals surface area contributed by atoms with Crippen LogP contribution < -0.4 is 0 Å². The molecule has 0 aliphatic carbocycles. The van der Waals surface area contributed by atoms with Crippen molar-refractivity contribution >= 4 is 17.6 Å². The fraction of sp³-hybridized carbons (Fsp3) is 0.353. The van der Waals surface area contributed by atoms with Gasteiger partial charge in [0.25, 0.3) is 0 Å². The quantitative estimate of drug-likeness (QED) is 0.723. The van der Waals surface area contributed by atoms with Crippen molar-refractivity contribution in [3.05, 3.63) is 58.3 Å². The molecule has 0 bridgehead atoms. The van der Waals surface area contributed by atoms with E-state index in [0.717, 1.165) is 31.5 Å². The van der Waals surface area contributed by atoms with Crippen LogP contribution in [0.2, 0.25) is 0 Å². The lowest BCUT2D eigenvalue weighted by Gasteiger charge is -2.31. The van der Waals surface area contributed by atoms with Gasteiger partial charge >= 0.3 is 0 Å². The number of carbonyl (C=O) groups excluding carboxylic acids is 1. The SMILES string of the molecule is CCN(Cc1cccs1)CC(C)(C=O)c1ccccc1. The average molecular weight is 287 g/mol. The summed E-state index contributed by atoms with van der Waals surface area (Å²) in [7, 11) is 0. The van der Waals surface area contributed by atoms with Crippen LogP contribution in [0.4, 0.5) is 0 Å². The molecule has 106 valence electrons. The Bertz CT molecular complexity index is 523. The third-order valence-electron chi connectivity index (χ3n) is 3.65. The van der Waals surface area contributed by atoms with Gasteiger partial charge in [0, 0.05) is 18.0 Å². The predicted molar refractivity (Wildman–Crippen MR) is 85.1 cm³/mol. The maximum absolute atomic E-state index is 11.7. The largest absolute Gasteiger partial charge is 0.302 e. The lowest BCUT2D eigenvalue weighted by Crippen LogP contribution is -2.39. The minimum Gasteiger partial charge on any atom is -0.302 e. The fourth-order valence-electron chi connectivity index (χ4n) is 2.38. The molecule has 2 aromatic rings. The Hall–Kier alpha value is -1.45. The number of thiophene rings is 1. The smallest absolute Gasteiger partial charge is 0.131 e. The van der Waals surface area contributed by atoms with E-state index < -0.39 is 5.41 Å². The molecule has 0 saturated carbocycles. The second-order valence-electron chi connectivity index (χ2n) is 5.28. The highest BCUT2D eigenvalue weighted by Crippen LogP contribution is 2.24. The molecule has 0 fully saturated rings. The first-order valence-electron chi connectivity index (χ1n) is 6.94. The van der Waals surface area contributed by atoms with Crippen molar-refractivity contribution in [2.75, 3.05) is 13.1 Å². The first kappa shape index (κ1) is 14.9. The molecule has 0 amide bonds. The van der Waals surface area contributed by atoms with Gasteiger partial charge in [-0.2, -0.15) is 0 Å². The lowest BCUT2D eigenvalue weighted by molar-refractivity contribution is -0.112. The van der Waals surface area contributed by atoms with Crippen LogP contribution in [0.3, 0.4) is 0 Å². The molecule has 1 aromatic heterocycles. The summed E-state index contributed by atoms with van der Waals surface area (Å²) in [5, 5.41) is 2.10. The topological polar surface area (TPSA) is 20.3 Å². The molecule has 0 aliphatic rings. The zero-order chi connectivity index (χ0) is 14.4. The maximum atomic E-state index is 11.7. The van der Waals surface area contributed by atoms with E-state index in [1.807, 2.05) is 37.3 Å². The Morgan fingerprint density at radius 2 is 1.95 bits per heavy atom. The summed E-state index contributed by atoms with van der Waals surface area (Å²) < 4.78 is 0. The molecule has 1 atom stereocenters. The molecule has 0 radical (unpaired) electrons. The van der Waals surface area contributed by atoms with E-state index in [4.69, 9.17) is 0 Å². The van der Waals surface area contributed by atoms with Crippen LogP contribution in [-0.2, 0) is 16.8 Å². The molecule has 2 nitrogen and oxygen atoms in total. The van der Waals surface area contributed by atoms with Gasteiger partial charge in [0.1, 0.15) is 6.29 Å². The number of hydrogen-bond donors (Lipinski definition) is 0. The molecular weight excluding hydrogens is 266 g/mol. The van der Waals surface area contributed by atoms with Crippen LogP contribution in [0.15, 0.2) is 47.8 Å². The van der Waals surface area contributed by atoms with E-state index in [1.54, 1.807) is 11.3 Å². The summed E-state index contributed by atoms with van der Waals surface area (Å²) in [5.41, 5.74) is 0.633. The lowest BCUT2D eigenvalue weighted by atomic mass is 9.83. The Morgan fingerprint density at radius 1 is 1.20 bits per heavy atom. The van der Waals surface area contributed by atoms with E-state index in [-0.39, 0.29) is 0 Å². The van der Waals surface area contributed by atoms with Crippen LogP contribution in [0.1, 0.15) is 24.3 Å². The third-order valence-corrected chi connectivity index (χ3v) is 4.51. The van der Waals surface area contributed by atoms with E-state index in [1.165, 1.54) is 4.88 Å². The second kappa shape index (κ2) is 6.82. The zero-order valence-electron chi connectivity index (χ0n) is 12.1. The number of benzene rings is 1. The highest BCUT2D eigenvalue weighted by Gasteiger charge is 2.28. The van der Waals surface area contributed by atoms with Crippen LogP contribution in [-0.4, -0.2) is 24.3 Å². The highest BCUT2D eigenvalue weighted by atomic mass is 32.1. The monoisotopic (exact) mass is 287 g/mol. The van der Waals surface area contributed by atoms with Gasteiger partial charge in [-0.25, -0.2) is 0 Å². The second-order valence-corrected chi connectivity index (χ2v) is 6.32. The summed E-state index contributed by atoms with van der Waals surface area (Å²) in [6.07, 6.45) is 1.08. The molecule has 0 aliphatic heterocycles. The molecule has 1 aromatic carbocycles. The molecule has 3 heteroatoms. The van der Waals surface area contributed by atoms with Crippen LogP contribution >= 0.6 is 11.3 Å². The van der Waals surface area contributed by atoms with Crippen molar-refractivity contribution in [2.45, 2.75) is 25.8 Å².